The summed E-state index contributed by atoms with van der Waals surface area (Å²) in [7, 11) is 0. The molecule has 0 fully saturated rings. The number of aliphatic carboxylic acids is 1. The molecule has 31 heavy (non-hydrogen) atoms. The molecular weight excluding hydrogens is 428 g/mol. The molecule has 3 aromatic carbocycles. The van der Waals surface area contributed by atoms with Gasteiger partial charge in [0.2, 0.25) is 0 Å². The zero-order chi connectivity index (χ0) is 22.4. The Morgan fingerprint density at radius 2 is 1.61 bits per heavy atom. The van der Waals surface area contributed by atoms with Crippen molar-refractivity contribution in [3.05, 3.63) is 100 Å². The second-order valence-electron chi connectivity index (χ2n) is 6.66. The van der Waals surface area contributed by atoms with E-state index in [2.05, 4.69) is 0 Å². The minimum absolute atomic E-state index is 0.0108. The molecule has 0 atom stereocenters. The second kappa shape index (κ2) is 10.0. The average molecular weight is 446 g/mol. The van der Waals surface area contributed by atoms with Crippen molar-refractivity contribution < 1.29 is 28.2 Å². The van der Waals surface area contributed by atoms with E-state index in [0.29, 0.717) is 11.3 Å². The Bertz CT molecular complexity index is 1070. The first-order chi connectivity index (χ1) is 14.8. The molecule has 0 unspecified atom stereocenters. The summed E-state index contributed by atoms with van der Waals surface area (Å²) in [5, 5.41) is 9.27. The summed E-state index contributed by atoms with van der Waals surface area (Å²) >= 11 is 6.01. The number of amides is 1. The Balaban J connectivity index is 1.73. The summed E-state index contributed by atoms with van der Waals surface area (Å²) in [5.74, 6) is -2.47. The van der Waals surface area contributed by atoms with Crippen LogP contribution in [0.5, 0.6) is 5.75 Å². The van der Waals surface area contributed by atoms with Crippen molar-refractivity contribution in [2.75, 3.05) is 6.54 Å². The highest BCUT2D eigenvalue weighted by atomic mass is 35.5. The fourth-order valence-corrected chi connectivity index (χ4v) is 3.11. The van der Waals surface area contributed by atoms with Crippen molar-refractivity contribution in [1.82, 2.24) is 4.90 Å². The number of carbonyl (C=O) groups is 2. The molecular formula is C23H18ClF2NO4. The third-order valence-corrected chi connectivity index (χ3v) is 4.83. The first-order valence-electron chi connectivity index (χ1n) is 9.25. The summed E-state index contributed by atoms with van der Waals surface area (Å²) in [6.07, 6.45) is 0. The van der Waals surface area contributed by atoms with Gasteiger partial charge < -0.3 is 14.7 Å². The molecule has 0 saturated heterocycles. The van der Waals surface area contributed by atoms with Crippen LogP contribution in [0.3, 0.4) is 0 Å². The molecule has 160 valence electrons. The van der Waals surface area contributed by atoms with Gasteiger partial charge >= 0.3 is 5.97 Å². The molecule has 0 aromatic heterocycles. The number of benzene rings is 3. The minimum atomic E-state index is -1.24. The number of carboxylic acid groups (broad SMARTS) is 1. The predicted molar refractivity (Wildman–Crippen MR) is 111 cm³/mol. The van der Waals surface area contributed by atoms with Gasteiger partial charge in [0.15, 0.2) is 0 Å². The molecule has 5 nitrogen and oxygen atoms in total. The maximum atomic E-state index is 14.1. The van der Waals surface area contributed by atoms with Crippen LogP contribution < -0.4 is 4.74 Å². The predicted octanol–water partition coefficient (Wildman–Crippen LogP) is 4.92. The second-order valence-corrected chi connectivity index (χ2v) is 7.07. The van der Waals surface area contributed by atoms with Gasteiger partial charge in [-0.1, -0.05) is 35.9 Å². The average Bonchev–Trinajstić information content (AvgIpc) is 2.74. The van der Waals surface area contributed by atoms with Crippen LogP contribution in [0, 0.1) is 11.6 Å². The lowest BCUT2D eigenvalue weighted by molar-refractivity contribution is -0.137. The molecule has 0 heterocycles. The molecule has 0 aliphatic rings. The number of hydrogen-bond acceptors (Lipinski definition) is 3. The Morgan fingerprint density at radius 1 is 0.935 bits per heavy atom. The van der Waals surface area contributed by atoms with E-state index < -0.39 is 24.2 Å². The summed E-state index contributed by atoms with van der Waals surface area (Å²) in [5.41, 5.74) is 0.604. The number of nitrogens with zero attached hydrogens (tertiary/aromatic N) is 1. The van der Waals surface area contributed by atoms with E-state index in [-0.39, 0.29) is 35.1 Å². The van der Waals surface area contributed by atoms with Crippen LogP contribution in [-0.2, 0) is 17.9 Å². The Hall–Kier alpha value is -3.45. The number of halogens is 3. The van der Waals surface area contributed by atoms with Crippen LogP contribution in [0.1, 0.15) is 21.5 Å². The zero-order valence-corrected chi connectivity index (χ0v) is 17.0. The van der Waals surface area contributed by atoms with Crippen molar-refractivity contribution in [3.8, 4) is 5.75 Å². The molecule has 0 aliphatic heterocycles. The standard InChI is InChI=1S/C23H18ClF2NO4/c24-19-5-3-7-21(26)18(19)12-27(13-22(28)29)23(30)15-8-10-17(11-9-15)31-14-16-4-1-2-6-20(16)25/h1-11H,12-14H2,(H,28,29). The van der Waals surface area contributed by atoms with Crippen molar-refractivity contribution >= 4 is 23.5 Å². The molecule has 1 amide bonds. The highest BCUT2D eigenvalue weighted by Gasteiger charge is 2.21. The van der Waals surface area contributed by atoms with Crippen molar-refractivity contribution in [2.24, 2.45) is 0 Å². The molecule has 0 spiro atoms. The van der Waals surface area contributed by atoms with E-state index in [9.17, 15) is 18.4 Å². The van der Waals surface area contributed by atoms with Gasteiger partial charge in [-0.15, -0.1) is 0 Å². The van der Waals surface area contributed by atoms with E-state index in [1.165, 1.54) is 48.5 Å². The van der Waals surface area contributed by atoms with Crippen LogP contribution in [0.25, 0.3) is 0 Å². The molecule has 0 saturated carbocycles. The van der Waals surface area contributed by atoms with Crippen LogP contribution in [0.2, 0.25) is 5.02 Å². The molecule has 8 heteroatoms. The summed E-state index contributed by atoms with van der Waals surface area (Å²) in [6.45, 7) is -0.923. The lowest BCUT2D eigenvalue weighted by Crippen LogP contribution is -2.35. The van der Waals surface area contributed by atoms with Gasteiger partial charge in [-0.25, -0.2) is 8.78 Å². The number of ether oxygens (including phenoxy) is 1. The van der Waals surface area contributed by atoms with Gasteiger partial charge in [0.25, 0.3) is 5.91 Å². The number of rotatable bonds is 8. The van der Waals surface area contributed by atoms with E-state index in [1.807, 2.05) is 0 Å². The van der Waals surface area contributed by atoms with Gasteiger partial charge in [0, 0.05) is 21.7 Å². The molecule has 3 rings (SSSR count). The summed E-state index contributed by atoms with van der Waals surface area (Å²) < 4.78 is 33.3. The highest BCUT2D eigenvalue weighted by Crippen LogP contribution is 2.22. The quantitative estimate of drug-likeness (QED) is 0.534. The Kier molecular flexibility index (Phi) is 7.20. The lowest BCUT2D eigenvalue weighted by Gasteiger charge is -2.22. The van der Waals surface area contributed by atoms with Crippen molar-refractivity contribution in [3.63, 3.8) is 0 Å². The van der Waals surface area contributed by atoms with Gasteiger partial charge in [0.05, 0.1) is 6.54 Å². The smallest absolute Gasteiger partial charge is 0.323 e. The monoisotopic (exact) mass is 445 g/mol. The lowest BCUT2D eigenvalue weighted by atomic mass is 10.1. The minimum Gasteiger partial charge on any atom is -0.489 e. The molecule has 0 aliphatic carbocycles. The number of hydrogen-bond donors (Lipinski definition) is 1. The topological polar surface area (TPSA) is 66.8 Å². The SMILES string of the molecule is O=C(O)CN(Cc1c(F)cccc1Cl)C(=O)c1ccc(OCc2ccccc2F)cc1. The molecule has 0 bridgehead atoms. The third kappa shape index (κ3) is 5.79. The van der Waals surface area contributed by atoms with Gasteiger partial charge in [0.1, 0.15) is 30.5 Å². The third-order valence-electron chi connectivity index (χ3n) is 4.48. The molecule has 1 N–H and O–H groups in total. The number of carbonyl (C=O) groups excluding carboxylic acids is 1. The summed E-state index contributed by atoms with van der Waals surface area (Å²) in [4.78, 5) is 25.1. The van der Waals surface area contributed by atoms with Crippen LogP contribution >= 0.6 is 11.6 Å². The maximum absolute atomic E-state index is 14.1. The first kappa shape index (κ1) is 22.2. The van der Waals surface area contributed by atoms with E-state index in [4.69, 9.17) is 21.4 Å². The van der Waals surface area contributed by atoms with Crippen LogP contribution in [0.15, 0.2) is 66.7 Å². The Morgan fingerprint density at radius 3 is 2.26 bits per heavy atom. The summed E-state index contributed by atoms with van der Waals surface area (Å²) in [6, 6.07) is 16.2. The first-order valence-corrected chi connectivity index (χ1v) is 9.63. The van der Waals surface area contributed by atoms with Crippen molar-refractivity contribution in [1.29, 1.82) is 0 Å². The molecule has 3 aromatic rings. The normalized spacial score (nSPS) is 10.5. The van der Waals surface area contributed by atoms with Gasteiger partial charge in [-0.3, -0.25) is 9.59 Å². The van der Waals surface area contributed by atoms with Crippen LogP contribution in [0.4, 0.5) is 8.78 Å². The largest absolute Gasteiger partial charge is 0.489 e. The Labute approximate surface area is 182 Å². The molecule has 0 radical (unpaired) electrons. The number of carboxylic acids is 1. The van der Waals surface area contributed by atoms with Gasteiger partial charge in [-0.05, 0) is 42.5 Å². The fourth-order valence-electron chi connectivity index (χ4n) is 2.89. The fraction of sp³-hybridized carbons (Fsp3) is 0.130. The van der Waals surface area contributed by atoms with Crippen molar-refractivity contribution in [2.45, 2.75) is 13.2 Å². The zero-order valence-electron chi connectivity index (χ0n) is 16.2. The van der Waals surface area contributed by atoms with E-state index in [1.54, 1.807) is 18.2 Å². The van der Waals surface area contributed by atoms with Crippen LogP contribution in [-0.4, -0.2) is 28.4 Å². The maximum Gasteiger partial charge on any atom is 0.323 e. The van der Waals surface area contributed by atoms with Gasteiger partial charge in [-0.2, -0.15) is 0 Å². The highest BCUT2D eigenvalue weighted by molar-refractivity contribution is 6.31. The van der Waals surface area contributed by atoms with E-state index in [0.717, 1.165) is 4.90 Å². The van der Waals surface area contributed by atoms with E-state index >= 15 is 0 Å².